The number of anilines is 2. The molecule has 1 aliphatic rings. The first kappa shape index (κ1) is 20.8. The molecule has 0 saturated heterocycles. The van der Waals surface area contributed by atoms with E-state index in [1.165, 1.54) is 6.42 Å². The summed E-state index contributed by atoms with van der Waals surface area (Å²) in [5, 5.41) is 13.3. The van der Waals surface area contributed by atoms with Crippen LogP contribution in [-0.4, -0.2) is 41.2 Å². The van der Waals surface area contributed by atoms with Gasteiger partial charge in [-0.3, -0.25) is 4.79 Å². The van der Waals surface area contributed by atoms with Crippen LogP contribution in [0.1, 0.15) is 42.5 Å². The van der Waals surface area contributed by atoms with Crippen LogP contribution in [0.4, 0.5) is 11.5 Å². The molecule has 3 rings (SSSR count). The van der Waals surface area contributed by atoms with Gasteiger partial charge in [0.2, 0.25) is 5.28 Å². The van der Waals surface area contributed by atoms with Crippen molar-refractivity contribution in [2.45, 2.75) is 32.1 Å². The lowest BCUT2D eigenvalue weighted by Gasteiger charge is -2.35. The second-order valence-electron chi connectivity index (χ2n) is 7.31. The van der Waals surface area contributed by atoms with Crippen molar-refractivity contribution < 1.29 is 9.90 Å². The Kier molecular flexibility index (Phi) is 6.75. The van der Waals surface area contributed by atoms with Crippen LogP contribution < -0.4 is 10.2 Å². The molecule has 1 saturated carbocycles. The number of hydrogen-bond donors (Lipinski definition) is 2. The van der Waals surface area contributed by atoms with Gasteiger partial charge in [-0.25, -0.2) is 9.97 Å². The van der Waals surface area contributed by atoms with Gasteiger partial charge in [0.25, 0.3) is 5.91 Å². The first-order chi connectivity index (χ1) is 13.4. The fraction of sp³-hybridized carbons (Fsp3) is 0.450. The Hall–Kier alpha value is -1.89. The van der Waals surface area contributed by atoms with E-state index in [1.54, 1.807) is 29.3 Å². The summed E-state index contributed by atoms with van der Waals surface area (Å²) in [5.41, 5.74) is 0.904. The van der Waals surface area contributed by atoms with Crippen LogP contribution in [0.15, 0.2) is 30.5 Å². The van der Waals surface area contributed by atoms with Crippen LogP contribution in [-0.2, 0) is 0 Å². The quantitative estimate of drug-likeness (QED) is 0.681. The van der Waals surface area contributed by atoms with Crippen molar-refractivity contribution in [1.82, 2.24) is 15.3 Å². The van der Waals surface area contributed by atoms with Crippen LogP contribution in [0.2, 0.25) is 10.3 Å². The molecular weight excluding hydrogens is 399 g/mol. The van der Waals surface area contributed by atoms with Crippen molar-refractivity contribution in [3.05, 3.63) is 46.3 Å². The normalized spacial score (nSPS) is 15.9. The van der Waals surface area contributed by atoms with Crippen LogP contribution >= 0.6 is 23.2 Å². The molecule has 1 fully saturated rings. The molecular formula is C20H24Cl2N4O2. The highest BCUT2D eigenvalue weighted by atomic mass is 35.5. The van der Waals surface area contributed by atoms with E-state index in [9.17, 15) is 9.90 Å². The summed E-state index contributed by atoms with van der Waals surface area (Å²) in [7, 11) is 1.83. The lowest BCUT2D eigenvalue weighted by atomic mass is 9.74. The average molecular weight is 423 g/mol. The topological polar surface area (TPSA) is 78.4 Å². The molecule has 2 aromatic rings. The van der Waals surface area contributed by atoms with Crippen molar-refractivity contribution in [2.24, 2.45) is 5.41 Å². The van der Waals surface area contributed by atoms with E-state index in [0.717, 1.165) is 31.4 Å². The van der Waals surface area contributed by atoms with Crippen LogP contribution in [0.5, 0.6) is 0 Å². The van der Waals surface area contributed by atoms with E-state index in [2.05, 4.69) is 15.3 Å². The molecule has 1 aromatic carbocycles. The molecule has 28 heavy (non-hydrogen) atoms. The highest BCUT2D eigenvalue weighted by molar-refractivity contribution is 6.34. The maximum absolute atomic E-state index is 12.8. The van der Waals surface area contributed by atoms with Crippen molar-refractivity contribution in [3.8, 4) is 0 Å². The third-order valence-corrected chi connectivity index (χ3v) is 5.92. The van der Waals surface area contributed by atoms with Gasteiger partial charge in [-0.1, -0.05) is 30.9 Å². The fourth-order valence-corrected chi connectivity index (χ4v) is 3.94. The Morgan fingerprint density at radius 3 is 2.68 bits per heavy atom. The minimum Gasteiger partial charge on any atom is -0.396 e. The molecule has 0 radical (unpaired) electrons. The molecule has 150 valence electrons. The number of amides is 1. The maximum atomic E-state index is 12.8. The molecule has 0 unspecified atom stereocenters. The predicted octanol–water partition coefficient (Wildman–Crippen LogP) is 4.22. The number of aliphatic hydroxyl groups excluding tert-OH is 1. The molecule has 2 N–H and O–H groups in total. The lowest BCUT2D eigenvalue weighted by molar-refractivity contribution is 0.0718. The summed E-state index contributed by atoms with van der Waals surface area (Å²) in [6.45, 7) is 0.526. The molecule has 1 aliphatic carbocycles. The van der Waals surface area contributed by atoms with Gasteiger partial charge in [-0.05, 0) is 48.7 Å². The maximum Gasteiger partial charge on any atom is 0.252 e. The molecule has 0 spiro atoms. The number of carbonyl (C=O) groups is 1. The van der Waals surface area contributed by atoms with E-state index in [4.69, 9.17) is 23.2 Å². The highest BCUT2D eigenvalue weighted by Crippen LogP contribution is 2.35. The SMILES string of the molecule is CN(c1ccc(Cl)c(C(=O)NCC2(CO)CCCCC2)c1)c1ccnc(Cl)n1. The van der Waals surface area contributed by atoms with Gasteiger partial charge in [0.1, 0.15) is 5.82 Å². The Morgan fingerprint density at radius 1 is 1.25 bits per heavy atom. The van der Waals surface area contributed by atoms with Gasteiger partial charge in [-0.2, -0.15) is 0 Å². The number of nitrogens with zero attached hydrogens (tertiary/aromatic N) is 3. The first-order valence-corrected chi connectivity index (χ1v) is 10.1. The van der Waals surface area contributed by atoms with Gasteiger partial charge < -0.3 is 15.3 Å². The number of benzene rings is 1. The summed E-state index contributed by atoms with van der Waals surface area (Å²) in [4.78, 5) is 22.7. The molecule has 0 aliphatic heterocycles. The molecule has 1 aromatic heterocycles. The van der Waals surface area contributed by atoms with Crippen LogP contribution in [0.3, 0.4) is 0 Å². The van der Waals surface area contributed by atoms with Gasteiger partial charge in [0.15, 0.2) is 0 Å². The number of carbonyl (C=O) groups excluding carboxylic acids is 1. The third kappa shape index (κ3) is 4.74. The zero-order chi connectivity index (χ0) is 20.1. The summed E-state index contributed by atoms with van der Waals surface area (Å²) in [5.74, 6) is 0.356. The number of halogens is 2. The first-order valence-electron chi connectivity index (χ1n) is 9.35. The highest BCUT2D eigenvalue weighted by Gasteiger charge is 2.32. The molecule has 8 heteroatoms. The number of aromatic nitrogens is 2. The Morgan fingerprint density at radius 2 is 2.00 bits per heavy atom. The minimum atomic E-state index is -0.251. The zero-order valence-corrected chi connectivity index (χ0v) is 17.3. The second-order valence-corrected chi connectivity index (χ2v) is 8.05. The second kappa shape index (κ2) is 9.07. The smallest absolute Gasteiger partial charge is 0.252 e. The lowest BCUT2D eigenvalue weighted by Crippen LogP contribution is -2.41. The van der Waals surface area contributed by atoms with E-state index in [1.807, 2.05) is 13.1 Å². The summed E-state index contributed by atoms with van der Waals surface area (Å²) in [6, 6.07) is 6.95. The number of nitrogens with one attached hydrogen (secondary N) is 1. The Bertz CT molecular complexity index is 841. The number of rotatable bonds is 6. The van der Waals surface area contributed by atoms with E-state index >= 15 is 0 Å². The molecule has 1 amide bonds. The van der Waals surface area contributed by atoms with Crippen molar-refractivity contribution in [1.29, 1.82) is 0 Å². The summed E-state index contributed by atoms with van der Waals surface area (Å²) >= 11 is 12.2. The monoisotopic (exact) mass is 422 g/mol. The van der Waals surface area contributed by atoms with E-state index < -0.39 is 0 Å². The van der Waals surface area contributed by atoms with Gasteiger partial charge in [0, 0.05) is 30.9 Å². The predicted molar refractivity (Wildman–Crippen MR) is 111 cm³/mol. The number of hydrogen-bond acceptors (Lipinski definition) is 5. The molecule has 0 atom stereocenters. The number of aliphatic hydroxyl groups is 1. The molecule has 6 nitrogen and oxygen atoms in total. The largest absolute Gasteiger partial charge is 0.396 e. The molecule has 1 heterocycles. The van der Waals surface area contributed by atoms with E-state index in [-0.39, 0.29) is 23.2 Å². The minimum absolute atomic E-state index is 0.0816. The summed E-state index contributed by atoms with van der Waals surface area (Å²) < 4.78 is 0. The van der Waals surface area contributed by atoms with Crippen molar-refractivity contribution >= 4 is 40.6 Å². The molecule has 0 bridgehead atoms. The van der Waals surface area contributed by atoms with Gasteiger partial charge >= 0.3 is 0 Å². The van der Waals surface area contributed by atoms with Crippen molar-refractivity contribution in [3.63, 3.8) is 0 Å². The van der Waals surface area contributed by atoms with Gasteiger partial charge in [-0.15, -0.1) is 0 Å². The standard InChI is InChI=1S/C20H24Cl2N4O2/c1-26(17-7-10-23-19(22)25-17)14-5-6-16(21)15(11-14)18(28)24-12-20(13-27)8-3-2-4-9-20/h5-7,10-11,27H,2-4,8-9,12-13H2,1H3,(H,24,28). The van der Waals surface area contributed by atoms with E-state index in [0.29, 0.717) is 22.9 Å². The van der Waals surface area contributed by atoms with Crippen molar-refractivity contribution in [2.75, 3.05) is 25.1 Å². The van der Waals surface area contributed by atoms with Gasteiger partial charge in [0.05, 0.1) is 17.2 Å². The Labute approximate surface area is 174 Å². The average Bonchev–Trinajstić information content (AvgIpc) is 2.72. The fourth-order valence-electron chi connectivity index (χ4n) is 3.60. The van der Waals surface area contributed by atoms with Crippen LogP contribution in [0, 0.1) is 5.41 Å². The third-order valence-electron chi connectivity index (χ3n) is 5.41. The summed E-state index contributed by atoms with van der Waals surface area (Å²) in [6.07, 6.45) is 6.77. The Balaban J connectivity index is 1.76. The van der Waals surface area contributed by atoms with Crippen LogP contribution in [0.25, 0.3) is 0 Å². The zero-order valence-electron chi connectivity index (χ0n) is 15.8.